The molecule has 3 rings (SSSR count). The van der Waals surface area contributed by atoms with Crippen molar-refractivity contribution in [1.82, 2.24) is 4.90 Å². The van der Waals surface area contributed by atoms with Crippen LogP contribution in [0.2, 0.25) is 0 Å². The largest absolute Gasteiger partial charge is 0.489 e. The van der Waals surface area contributed by atoms with E-state index in [9.17, 15) is 14.4 Å². The Bertz CT molecular complexity index is 645. The lowest BCUT2D eigenvalue weighted by Crippen LogP contribution is -2.42. The van der Waals surface area contributed by atoms with Crippen molar-refractivity contribution in [2.75, 3.05) is 24.6 Å². The van der Waals surface area contributed by atoms with Gasteiger partial charge in [-0.1, -0.05) is 0 Å². The number of amides is 3. The number of fused-ring (bicyclic) bond motifs is 3. The van der Waals surface area contributed by atoms with E-state index in [0.717, 1.165) is 0 Å². The standard InChI is InChI=1S/C13H13N3O5/c14-11(17)5-15-4-8-6-21-10-2-1-7(12(18)19)3-9(10)16(8)13(15)20/h1-3,8H,4-6H2,(H2,14,17)(H,18,19). The van der Waals surface area contributed by atoms with E-state index < -0.39 is 11.9 Å². The summed E-state index contributed by atoms with van der Waals surface area (Å²) in [5, 5.41) is 9.05. The van der Waals surface area contributed by atoms with Crippen molar-refractivity contribution in [2.24, 2.45) is 5.73 Å². The van der Waals surface area contributed by atoms with Crippen LogP contribution in [0.25, 0.3) is 0 Å². The Labute approximate surface area is 119 Å². The molecule has 1 aromatic rings. The number of hydrogen-bond acceptors (Lipinski definition) is 4. The molecule has 8 heteroatoms. The maximum atomic E-state index is 12.4. The van der Waals surface area contributed by atoms with Gasteiger partial charge in [0.25, 0.3) is 0 Å². The number of urea groups is 1. The number of aromatic carboxylic acids is 1. The number of anilines is 1. The maximum absolute atomic E-state index is 12.4. The number of ether oxygens (including phenoxy) is 1. The van der Waals surface area contributed by atoms with Gasteiger partial charge >= 0.3 is 12.0 Å². The number of nitrogens with zero attached hydrogens (tertiary/aromatic N) is 2. The van der Waals surface area contributed by atoms with Crippen LogP contribution in [0.1, 0.15) is 10.4 Å². The highest BCUT2D eigenvalue weighted by Gasteiger charge is 2.42. The first-order chi connectivity index (χ1) is 9.97. The summed E-state index contributed by atoms with van der Waals surface area (Å²) in [6.07, 6.45) is 0. The third kappa shape index (κ3) is 2.14. The first-order valence-electron chi connectivity index (χ1n) is 6.34. The number of carboxylic acid groups (broad SMARTS) is 1. The van der Waals surface area contributed by atoms with Crippen molar-refractivity contribution >= 4 is 23.6 Å². The van der Waals surface area contributed by atoms with Crippen LogP contribution < -0.4 is 15.4 Å². The number of carbonyl (C=O) groups excluding carboxylic acids is 2. The number of carboxylic acids is 1. The number of nitrogens with two attached hydrogens (primary N) is 1. The molecule has 1 fully saturated rings. The summed E-state index contributed by atoms with van der Waals surface area (Å²) in [6.45, 7) is 0.443. The van der Waals surface area contributed by atoms with Crippen LogP contribution in [0.5, 0.6) is 5.75 Å². The van der Waals surface area contributed by atoms with Crippen LogP contribution in [0.15, 0.2) is 18.2 Å². The van der Waals surface area contributed by atoms with Gasteiger partial charge in [-0.25, -0.2) is 9.59 Å². The summed E-state index contributed by atoms with van der Waals surface area (Å²) in [4.78, 5) is 37.2. The molecule has 0 spiro atoms. The number of carbonyl (C=O) groups is 3. The molecule has 3 amide bonds. The molecule has 0 aromatic heterocycles. The van der Waals surface area contributed by atoms with Gasteiger partial charge in [0.2, 0.25) is 5.91 Å². The second kappa shape index (κ2) is 4.65. The molecule has 21 heavy (non-hydrogen) atoms. The Morgan fingerprint density at radius 2 is 2.19 bits per heavy atom. The van der Waals surface area contributed by atoms with Crippen molar-refractivity contribution in [1.29, 1.82) is 0 Å². The molecule has 1 unspecified atom stereocenters. The Balaban J connectivity index is 1.97. The van der Waals surface area contributed by atoms with Crippen LogP contribution in [-0.2, 0) is 4.79 Å². The zero-order valence-corrected chi connectivity index (χ0v) is 11.0. The monoisotopic (exact) mass is 291 g/mol. The second-order valence-corrected chi connectivity index (χ2v) is 4.95. The number of primary amides is 1. The van der Waals surface area contributed by atoms with Gasteiger partial charge in [-0.2, -0.15) is 0 Å². The molecule has 0 radical (unpaired) electrons. The summed E-state index contributed by atoms with van der Waals surface area (Å²) in [6, 6.07) is 3.72. The van der Waals surface area contributed by atoms with Gasteiger partial charge in [0.1, 0.15) is 18.9 Å². The van der Waals surface area contributed by atoms with Crippen LogP contribution in [-0.4, -0.2) is 53.7 Å². The van der Waals surface area contributed by atoms with E-state index in [0.29, 0.717) is 24.6 Å². The number of hydrogen-bond donors (Lipinski definition) is 2. The van der Waals surface area contributed by atoms with Crippen LogP contribution in [0.3, 0.4) is 0 Å². The Hall–Kier alpha value is -2.77. The van der Waals surface area contributed by atoms with Crippen molar-refractivity contribution in [3.05, 3.63) is 23.8 Å². The minimum Gasteiger partial charge on any atom is -0.489 e. The molecule has 1 aromatic carbocycles. The molecular weight excluding hydrogens is 278 g/mol. The van der Waals surface area contributed by atoms with E-state index in [4.69, 9.17) is 15.6 Å². The summed E-state index contributed by atoms with van der Waals surface area (Å²) in [5.74, 6) is -1.23. The first kappa shape index (κ1) is 13.2. The Morgan fingerprint density at radius 3 is 2.86 bits per heavy atom. The summed E-state index contributed by atoms with van der Waals surface area (Å²) in [7, 11) is 0. The molecule has 1 saturated heterocycles. The van der Waals surface area contributed by atoms with E-state index in [1.807, 2.05) is 0 Å². The molecule has 8 nitrogen and oxygen atoms in total. The van der Waals surface area contributed by atoms with E-state index in [-0.39, 0.29) is 24.2 Å². The molecule has 0 saturated carbocycles. The molecular formula is C13H13N3O5. The topological polar surface area (TPSA) is 113 Å². The third-order valence-corrected chi connectivity index (χ3v) is 3.52. The van der Waals surface area contributed by atoms with Crippen LogP contribution >= 0.6 is 0 Å². The van der Waals surface area contributed by atoms with E-state index >= 15 is 0 Å². The lowest BCUT2D eigenvalue weighted by atomic mass is 10.1. The summed E-state index contributed by atoms with van der Waals surface area (Å²) >= 11 is 0. The zero-order chi connectivity index (χ0) is 15.1. The second-order valence-electron chi connectivity index (χ2n) is 4.95. The highest BCUT2D eigenvalue weighted by atomic mass is 16.5. The van der Waals surface area contributed by atoms with Gasteiger partial charge in [-0.15, -0.1) is 0 Å². The van der Waals surface area contributed by atoms with Crippen molar-refractivity contribution < 1.29 is 24.2 Å². The molecule has 2 aliphatic heterocycles. The molecule has 1 atom stereocenters. The molecule has 2 aliphatic rings. The fourth-order valence-corrected chi connectivity index (χ4v) is 2.62. The van der Waals surface area contributed by atoms with Gasteiger partial charge in [0.05, 0.1) is 17.3 Å². The average molecular weight is 291 g/mol. The average Bonchev–Trinajstić information content (AvgIpc) is 2.74. The smallest absolute Gasteiger partial charge is 0.335 e. The minimum atomic E-state index is -1.08. The van der Waals surface area contributed by atoms with Crippen molar-refractivity contribution in [3.63, 3.8) is 0 Å². The highest BCUT2D eigenvalue weighted by Crippen LogP contribution is 2.38. The van der Waals surface area contributed by atoms with Gasteiger partial charge in [0.15, 0.2) is 0 Å². The van der Waals surface area contributed by atoms with Gasteiger partial charge in [-0.05, 0) is 18.2 Å². The Morgan fingerprint density at radius 1 is 1.43 bits per heavy atom. The third-order valence-electron chi connectivity index (χ3n) is 3.52. The Kier molecular flexibility index (Phi) is 2.93. The lowest BCUT2D eigenvalue weighted by Gasteiger charge is -2.30. The lowest BCUT2D eigenvalue weighted by molar-refractivity contribution is -0.118. The SMILES string of the molecule is NC(=O)CN1CC2COc3ccc(C(=O)O)cc3N2C1=O. The first-order valence-corrected chi connectivity index (χ1v) is 6.34. The van der Waals surface area contributed by atoms with E-state index in [1.54, 1.807) is 0 Å². The molecule has 3 N–H and O–H groups in total. The fourth-order valence-electron chi connectivity index (χ4n) is 2.62. The van der Waals surface area contributed by atoms with Crippen LogP contribution in [0, 0.1) is 0 Å². The highest BCUT2D eigenvalue weighted by molar-refractivity contribution is 6.00. The van der Waals surface area contributed by atoms with Gasteiger partial charge in [0, 0.05) is 6.54 Å². The van der Waals surface area contributed by atoms with Gasteiger partial charge in [-0.3, -0.25) is 9.69 Å². The minimum absolute atomic E-state index is 0.0687. The van der Waals surface area contributed by atoms with Crippen molar-refractivity contribution in [3.8, 4) is 5.75 Å². The molecule has 110 valence electrons. The maximum Gasteiger partial charge on any atom is 0.335 e. The predicted molar refractivity (Wildman–Crippen MR) is 71.3 cm³/mol. The molecule has 2 heterocycles. The fraction of sp³-hybridized carbons (Fsp3) is 0.308. The molecule has 0 bridgehead atoms. The molecule has 0 aliphatic carbocycles. The number of benzene rings is 1. The van der Waals surface area contributed by atoms with Gasteiger partial charge < -0.3 is 20.5 Å². The van der Waals surface area contributed by atoms with E-state index in [1.165, 1.54) is 28.0 Å². The van der Waals surface area contributed by atoms with Crippen molar-refractivity contribution in [2.45, 2.75) is 6.04 Å². The van der Waals surface area contributed by atoms with Crippen LogP contribution in [0.4, 0.5) is 10.5 Å². The number of rotatable bonds is 3. The van der Waals surface area contributed by atoms with E-state index in [2.05, 4.69) is 0 Å². The predicted octanol–water partition coefficient (Wildman–Crippen LogP) is -0.127. The summed E-state index contributed by atoms with van der Waals surface area (Å²) < 4.78 is 5.54. The summed E-state index contributed by atoms with van der Waals surface area (Å²) in [5.41, 5.74) is 5.60. The normalized spacial score (nSPS) is 19.8. The zero-order valence-electron chi connectivity index (χ0n) is 11.0. The quantitative estimate of drug-likeness (QED) is 0.805.